The largest absolute Gasteiger partial charge is 0.361 e. The van der Waals surface area contributed by atoms with Crippen LogP contribution in [0, 0.1) is 0 Å². The molecule has 2 aromatic carbocycles. The number of nitrogens with one attached hydrogen (secondary N) is 1. The topological polar surface area (TPSA) is 36.1 Å². The number of hydrogen-bond acceptors (Lipinski definition) is 1. The summed E-state index contributed by atoms with van der Waals surface area (Å²) in [5, 5.41) is 1.88. The number of aromatic nitrogens is 1. The van der Waals surface area contributed by atoms with Crippen LogP contribution in [0.5, 0.6) is 0 Å². The number of para-hydroxylation sites is 1. The van der Waals surface area contributed by atoms with Gasteiger partial charge in [0, 0.05) is 46.3 Å². The standard InChI is InChI=1S/C20H17ClN2O/c21-16-7-5-15(6-8-16)20(24)23-11-9-14(10-12-23)18-13-22-19-4-2-1-3-17(18)19/h1-9,13,22H,10-12H2. The number of carbonyl (C=O) groups is 1. The number of fused-ring (bicyclic) bond motifs is 1. The highest BCUT2D eigenvalue weighted by Gasteiger charge is 2.20. The molecule has 1 aliphatic heterocycles. The third-order valence-corrected chi connectivity index (χ3v) is 4.77. The van der Waals surface area contributed by atoms with Crippen molar-refractivity contribution in [3.8, 4) is 0 Å². The van der Waals surface area contributed by atoms with Gasteiger partial charge in [0.15, 0.2) is 0 Å². The highest BCUT2D eigenvalue weighted by molar-refractivity contribution is 6.30. The first-order valence-electron chi connectivity index (χ1n) is 8.03. The molecule has 1 aromatic heterocycles. The number of halogens is 1. The van der Waals surface area contributed by atoms with E-state index in [1.165, 1.54) is 16.5 Å². The second-order valence-electron chi connectivity index (χ2n) is 5.99. The lowest BCUT2D eigenvalue weighted by molar-refractivity contribution is 0.0773. The minimum absolute atomic E-state index is 0.0564. The normalized spacial score (nSPS) is 14.7. The van der Waals surface area contributed by atoms with Gasteiger partial charge in [-0.05, 0) is 42.3 Å². The fraction of sp³-hybridized carbons (Fsp3) is 0.150. The van der Waals surface area contributed by atoms with Gasteiger partial charge < -0.3 is 9.88 Å². The maximum Gasteiger partial charge on any atom is 0.254 e. The lowest BCUT2D eigenvalue weighted by Gasteiger charge is -2.26. The van der Waals surface area contributed by atoms with Crippen LogP contribution in [0.3, 0.4) is 0 Å². The fourth-order valence-electron chi connectivity index (χ4n) is 3.21. The van der Waals surface area contributed by atoms with E-state index >= 15 is 0 Å². The maximum atomic E-state index is 12.6. The Morgan fingerprint density at radius 1 is 1.08 bits per heavy atom. The number of rotatable bonds is 2. The molecule has 120 valence electrons. The van der Waals surface area contributed by atoms with E-state index in [2.05, 4.69) is 35.5 Å². The summed E-state index contributed by atoms with van der Waals surface area (Å²) in [6, 6.07) is 15.4. The molecule has 2 heterocycles. The summed E-state index contributed by atoms with van der Waals surface area (Å²) in [5.74, 6) is 0.0564. The monoisotopic (exact) mass is 336 g/mol. The van der Waals surface area contributed by atoms with Crippen LogP contribution in [0.1, 0.15) is 22.3 Å². The van der Waals surface area contributed by atoms with Gasteiger partial charge >= 0.3 is 0 Å². The van der Waals surface area contributed by atoms with Gasteiger partial charge in [0.1, 0.15) is 0 Å². The van der Waals surface area contributed by atoms with E-state index in [0.717, 1.165) is 18.5 Å². The van der Waals surface area contributed by atoms with Gasteiger partial charge in [-0.15, -0.1) is 0 Å². The number of nitrogens with zero attached hydrogens (tertiary/aromatic N) is 1. The smallest absolute Gasteiger partial charge is 0.254 e. The highest BCUT2D eigenvalue weighted by atomic mass is 35.5. The van der Waals surface area contributed by atoms with Gasteiger partial charge in [0.2, 0.25) is 0 Å². The highest BCUT2D eigenvalue weighted by Crippen LogP contribution is 2.29. The van der Waals surface area contributed by atoms with Gasteiger partial charge in [0.25, 0.3) is 5.91 Å². The van der Waals surface area contributed by atoms with Crippen LogP contribution >= 0.6 is 11.6 Å². The van der Waals surface area contributed by atoms with E-state index in [0.29, 0.717) is 17.1 Å². The van der Waals surface area contributed by atoms with Crippen LogP contribution in [-0.4, -0.2) is 28.9 Å². The van der Waals surface area contributed by atoms with Crippen LogP contribution in [0.15, 0.2) is 60.8 Å². The molecule has 1 amide bonds. The predicted octanol–water partition coefficient (Wildman–Crippen LogP) is 4.75. The van der Waals surface area contributed by atoms with Crippen molar-refractivity contribution in [2.45, 2.75) is 6.42 Å². The van der Waals surface area contributed by atoms with Gasteiger partial charge in [-0.1, -0.05) is 35.9 Å². The van der Waals surface area contributed by atoms with Gasteiger partial charge in [-0.3, -0.25) is 4.79 Å². The molecule has 0 bridgehead atoms. The zero-order chi connectivity index (χ0) is 16.5. The van der Waals surface area contributed by atoms with Crippen molar-refractivity contribution in [1.29, 1.82) is 0 Å². The summed E-state index contributed by atoms with van der Waals surface area (Å²) in [7, 11) is 0. The first kappa shape index (κ1) is 15.0. The average molecular weight is 337 g/mol. The SMILES string of the molecule is O=C(c1ccc(Cl)cc1)N1CC=C(c2c[nH]c3ccccc23)CC1. The minimum atomic E-state index is 0.0564. The molecule has 3 nitrogen and oxygen atoms in total. The Kier molecular flexibility index (Phi) is 3.87. The summed E-state index contributed by atoms with van der Waals surface area (Å²) in [4.78, 5) is 17.8. The van der Waals surface area contributed by atoms with Crippen molar-refractivity contribution in [2.75, 3.05) is 13.1 Å². The Morgan fingerprint density at radius 2 is 1.88 bits per heavy atom. The predicted molar refractivity (Wildman–Crippen MR) is 98.2 cm³/mol. The van der Waals surface area contributed by atoms with Crippen molar-refractivity contribution in [2.24, 2.45) is 0 Å². The van der Waals surface area contributed by atoms with E-state index < -0.39 is 0 Å². The van der Waals surface area contributed by atoms with Gasteiger partial charge in [-0.25, -0.2) is 0 Å². The summed E-state index contributed by atoms with van der Waals surface area (Å²) in [6.07, 6.45) is 5.08. The van der Waals surface area contributed by atoms with Crippen molar-refractivity contribution in [1.82, 2.24) is 9.88 Å². The summed E-state index contributed by atoms with van der Waals surface area (Å²) in [5.41, 5.74) is 4.37. The molecular weight excluding hydrogens is 320 g/mol. The van der Waals surface area contributed by atoms with Crippen LogP contribution < -0.4 is 0 Å². The molecule has 4 rings (SSSR count). The third-order valence-electron chi connectivity index (χ3n) is 4.52. The number of amides is 1. The molecule has 0 atom stereocenters. The van der Waals surface area contributed by atoms with Crippen molar-refractivity contribution in [3.63, 3.8) is 0 Å². The molecule has 0 saturated heterocycles. The lowest BCUT2D eigenvalue weighted by atomic mass is 9.98. The molecule has 3 aromatic rings. The Morgan fingerprint density at radius 3 is 2.62 bits per heavy atom. The van der Waals surface area contributed by atoms with Crippen molar-refractivity contribution < 1.29 is 4.79 Å². The van der Waals surface area contributed by atoms with Crippen molar-refractivity contribution >= 4 is 34.0 Å². The Labute approximate surface area is 145 Å². The molecule has 0 aliphatic carbocycles. The fourth-order valence-corrected chi connectivity index (χ4v) is 3.34. The summed E-state index contributed by atoms with van der Waals surface area (Å²) in [6.45, 7) is 1.36. The molecule has 0 fully saturated rings. The number of carbonyl (C=O) groups excluding carboxylic acids is 1. The summed E-state index contributed by atoms with van der Waals surface area (Å²) < 4.78 is 0. The number of aromatic amines is 1. The average Bonchev–Trinajstić information content (AvgIpc) is 3.06. The number of hydrogen-bond donors (Lipinski definition) is 1. The van der Waals surface area contributed by atoms with E-state index in [1.54, 1.807) is 24.3 Å². The number of H-pyrrole nitrogens is 1. The first-order valence-corrected chi connectivity index (χ1v) is 8.40. The maximum absolute atomic E-state index is 12.6. The quantitative estimate of drug-likeness (QED) is 0.720. The Bertz CT molecular complexity index is 924. The Hall–Kier alpha value is -2.52. The molecule has 24 heavy (non-hydrogen) atoms. The molecule has 0 unspecified atom stereocenters. The van der Waals surface area contributed by atoms with E-state index in [1.807, 2.05) is 11.0 Å². The van der Waals surface area contributed by atoms with Gasteiger partial charge in [-0.2, -0.15) is 0 Å². The molecule has 1 aliphatic rings. The van der Waals surface area contributed by atoms with E-state index in [-0.39, 0.29) is 5.91 Å². The summed E-state index contributed by atoms with van der Waals surface area (Å²) >= 11 is 5.89. The van der Waals surface area contributed by atoms with Crippen LogP contribution in [0.4, 0.5) is 0 Å². The molecular formula is C20H17ClN2O. The zero-order valence-corrected chi connectivity index (χ0v) is 13.9. The second-order valence-corrected chi connectivity index (χ2v) is 6.42. The zero-order valence-electron chi connectivity index (χ0n) is 13.1. The third kappa shape index (κ3) is 2.72. The first-order chi connectivity index (χ1) is 11.7. The molecule has 1 N–H and O–H groups in total. The van der Waals surface area contributed by atoms with Crippen LogP contribution in [-0.2, 0) is 0 Å². The van der Waals surface area contributed by atoms with E-state index in [4.69, 9.17) is 11.6 Å². The van der Waals surface area contributed by atoms with E-state index in [9.17, 15) is 4.79 Å². The second kappa shape index (κ2) is 6.17. The lowest BCUT2D eigenvalue weighted by Crippen LogP contribution is -2.34. The van der Waals surface area contributed by atoms with Crippen LogP contribution in [0.25, 0.3) is 16.5 Å². The Balaban J connectivity index is 1.55. The van der Waals surface area contributed by atoms with Crippen LogP contribution in [0.2, 0.25) is 5.02 Å². The molecule has 0 radical (unpaired) electrons. The minimum Gasteiger partial charge on any atom is -0.361 e. The van der Waals surface area contributed by atoms with Gasteiger partial charge in [0.05, 0.1) is 0 Å². The number of benzene rings is 2. The van der Waals surface area contributed by atoms with Crippen molar-refractivity contribution in [3.05, 3.63) is 77.0 Å². The molecule has 4 heteroatoms. The molecule has 0 spiro atoms. The molecule has 0 saturated carbocycles.